The molecule has 1 aliphatic rings. The second-order valence-electron chi connectivity index (χ2n) is 6.25. The third-order valence-electron chi connectivity index (χ3n) is 4.43. The van der Waals surface area contributed by atoms with Gasteiger partial charge in [0, 0.05) is 25.0 Å². The predicted octanol–water partition coefficient (Wildman–Crippen LogP) is 2.07. The second-order valence-corrected chi connectivity index (χ2v) is 6.25. The maximum atomic E-state index is 13.0. The molecule has 3 aromatic heterocycles. The lowest BCUT2D eigenvalue weighted by Gasteiger charge is -2.28. The Morgan fingerprint density at radius 2 is 2.31 bits per heavy atom. The molecule has 0 saturated heterocycles. The molecule has 1 atom stereocenters. The van der Waals surface area contributed by atoms with E-state index in [9.17, 15) is 4.79 Å². The molecule has 0 spiro atoms. The van der Waals surface area contributed by atoms with Crippen molar-refractivity contribution in [1.29, 1.82) is 0 Å². The van der Waals surface area contributed by atoms with Crippen molar-refractivity contribution in [2.24, 2.45) is 0 Å². The lowest BCUT2D eigenvalue weighted by molar-refractivity contribution is 0.0548. The van der Waals surface area contributed by atoms with Crippen molar-refractivity contribution in [1.82, 2.24) is 24.8 Å². The molecule has 0 bridgehead atoms. The zero-order valence-corrected chi connectivity index (χ0v) is 14.4. The number of hydrogen-bond donors (Lipinski definition) is 0. The summed E-state index contributed by atoms with van der Waals surface area (Å²) in [6.45, 7) is 3.33. The highest BCUT2D eigenvalue weighted by Crippen LogP contribution is 2.21. The van der Waals surface area contributed by atoms with E-state index in [1.54, 1.807) is 36.5 Å². The van der Waals surface area contributed by atoms with E-state index < -0.39 is 0 Å². The molecule has 0 N–H and O–H groups in total. The fraction of sp³-hybridized carbons (Fsp3) is 0.333. The lowest BCUT2D eigenvalue weighted by atomic mass is 10.1. The molecule has 4 rings (SSSR count). The van der Waals surface area contributed by atoms with Gasteiger partial charge in [0.2, 0.25) is 5.76 Å². The first kappa shape index (κ1) is 16.3. The second kappa shape index (κ2) is 6.99. The van der Waals surface area contributed by atoms with Crippen LogP contribution in [0.3, 0.4) is 0 Å². The summed E-state index contributed by atoms with van der Waals surface area (Å²) in [5, 5.41) is 8.16. The number of pyridine rings is 1. The molecule has 3 aromatic rings. The Hall–Kier alpha value is -3.16. The molecular weight excluding hydrogens is 334 g/mol. The van der Waals surface area contributed by atoms with Gasteiger partial charge in [-0.3, -0.25) is 14.5 Å². The summed E-state index contributed by atoms with van der Waals surface area (Å²) >= 11 is 0. The van der Waals surface area contributed by atoms with Crippen molar-refractivity contribution in [2.75, 3.05) is 6.61 Å². The average molecular weight is 353 g/mol. The van der Waals surface area contributed by atoms with Crippen LogP contribution in [0.15, 0.2) is 47.4 Å². The summed E-state index contributed by atoms with van der Waals surface area (Å²) in [6.07, 6.45) is 5.84. The first-order valence-corrected chi connectivity index (χ1v) is 8.48. The van der Waals surface area contributed by atoms with Gasteiger partial charge < -0.3 is 14.2 Å². The van der Waals surface area contributed by atoms with Gasteiger partial charge in [-0.15, -0.1) is 0 Å². The molecular formula is C18H19N5O3. The number of nitrogens with zero attached hydrogens (tertiary/aromatic N) is 5. The maximum absolute atomic E-state index is 13.0. The number of fused-ring (bicyclic) bond motifs is 1. The minimum absolute atomic E-state index is 0.116. The van der Waals surface area contributed by atoms with Gasteiger partial charge in [-0.2, -0.15) is 5.10 Å². The maximum Gasteiger partial charge on any atom is 0.293 e. The Balaban J connectivity index is 1.57. The van der Waals surface area contributed by atoms with E-state index in [0.29, 0.717) is 24.6 Å². The fourth-order valence-corrected chi connectivity index (χ4v) is 3.07. The van der Waals surface area contributed by atoms with E-state index in [0.717, 1.165) is 18.7 Å². The van der Waals surface area contributed by atoms with Crippen LogP contribution in [0.25, 0.3) is 0 Å². The van der Waals surface area contributed by atoms with Gasteiger partial charge in [-0.05, 0) is 31.5 Å². The number of amides is 1. The molecule has 1 aliphatic heterocycles. The van der Waals surface area contributed by atoms with Gasteiger partial charge in [-0.1, -0.05) is 5.16 Å². The molecule has 0 fully saturated rings. The number of carbonyl (C=O) groups excluding carboxylic acids is 1. The number of hydrogen-bond acceptors (Lipinski definition) is 6. The first-order chi connectivity index (χ1) is 12.7. The quantitative estimate of drug-likeness (QED) is 0.714. The molecule has 134 valence electrons. The zero-order valence-electron chi connectivity index (χ0n) is 14.4. The highest BCUT2D eigenvalue weighted by Gasteiger charge is 2.31. The largest absolute Gasteiger partial charge is 0.490 e. The molecule has 26 heavy (non-hydrogen) atoms. The van der Waals surface area contributed by atoms with Crippen molar-refractivity contribution in [2.45, 2.75) is 32.5 Å². The van der Waals surface area contributed by atoms with Crippen LogP contribution >= 0.6 is 0 Å². The van der Waals surface area contributed by atoms with Gasteiger partial charge >= 0.3 is 0 Å². The van der Waals surface area contributed by atoms with Crippen LogP contribution in [0, 0.1) is 6.92 Å². The van der Waals surface area contributed by atoms with E-state index in [4.69, 9.17) is 9.26 Å². The van der Waals surface area contributed by atoms with Crippen LogP contribution in [0.2, 0.25) is 0 Å². The summed E-state index contributed by atoms with van der Waals surface area (Å²) < 4.78 is 13.0. The lowest BCUT2D eigenvalue weighted by Crippen LogP contribution is -2.42. The predicted molar refractivity (Wildman–Crippen MR) is 91.5 cm³/mol. The smallest absolute Gasteiger partial charge is 0.293 e. The van der Waals surface area contributed by atoms with Gasteiger partial charge in [0.15, 0.2) is 0 Å². The number of carbonyl (C=O) groups is 1. The Bertz CT molecular complexity index is 889. The standard InChI is InChI=1S/C18H19N5O3/c1-13-9-17(26-21-13)18(24)22-11-14-4-7-20-23(14)8-5-15(22)12-25-16-3-2-6-19-10-16/h2-4,6-7,9-10,15H,5,8,11-12H2,1H3/t15-/m0/s1. The Kier molecular flexibility index (Phi) is 4.39. The Labute approximate surface area is 150 Å². The summed E-state index contributed by atoms with van der Waals surface area (Å²) in [7, 11) is 0. The van der Waals surface area contributed by atoms with Crippen LogP contribution in [0.5, 0.6) is 5.75 Å². The fourth-order valence-electron chi connectivity index (χ4n) is 3.07. The summed E-state index contributed by atoms with van der Waals surface area (Å²) in [5.41, 5.74) is 1.66. The van der Waals surface area contributed by atoms with Crippen molar-refractivity contribution in [3.05, 3.63) is 60.0 Å². The van der Waals surface area contributed by atoms with Gasteiger partial charge in [-0.25, -0.2) is 0 Å². The van der Waals surface area contributed by atoms with Crippen LogP contribution in [-0.4, -0.2) is 43.4 Å². The SMILES string of the molecule is Cc1cc(C(=O)N2Cc3ccnn3CC[C@H]2COc2cccnc2)on1. The van der Waals surface area contributed by atoms with Crippen molar-refractivity contribution in [3.8, 4) is 5.75 Å². The Morgan fingerprint density at radius 3 is 3.08 bits per heavy atom. The van der Waals surface area contributed by atoms with Crippen LogP contribution < -0.4 is 4.74 Å². The summed E-state index contributed by atoms with van der Waals surface area (Å²) in [4.78, 5) is 18.8. The van der Waals surface area contributed by atoms with Gasteiger partial charge in [0.1, 0.15) is 12.4 Å². The highest BCUT2D eigenvalue weighted by atomic mass is 16.5. The minimum Gasteiger partial charge on any atom is -0.490 e. The number of rotatable bonds is 4. The van der Waals surface area contributed by atoms with Gasteiger partial charge in [0.25, 0.3) is 5.91 Å². The van der Waals surface area contributed by atoms with Gasteiger partial charge in [0.05, 0.1) is 30.2 Å². The molecule has 8 nitrogen and oxygen atoms in total. The third-order valence-corrected chi connectivity index (χ3v) is 4.43. The average Bonchev–Trinajstić information content (AvgIpc) is 3.26. The van der Waals surface area contributed by atoms with E-state index >= 15 is 0 Å². The monoisotopic (exact) mass is 353 g/mol. The van der Waals surface area contributed by atoms with Crippen LogP contribution in [0.4, 0.5) is 0 Å². The molecule has 8 heteroatoms. The van der Waals surface area contributed by atoms with E-state index in [1.165, 1.54) is 0 Å². The van der Waals surface area contributed by atoms with E-state index in [-0.39, 0.29) is 17.7 Å². The third kappa shape index (κ3) is 3.30. The van der Waals surface area contributed by atoms with Crippen molar-refractivity contribution < 1.29 is 14.1 Å². The number of aryl methyl sites for hydroxylation is 2. The molecule has 0 aromatic carbocycles. The van der Waals surface area contributed by atoms with Crippen molar-refractivity contribution >= 4 is 5.91 Å². The number of ether oxygens (including phenoxy) is 1. The van der Waals surface area contributed by atoms with Crippen LogP contribution in [0.1, 0.15) is 28.4 Å². The molecule has 0 saturated carbocycles. The molecule has 1 amide bonds. The summed E-state index contributed by atoms with van der Waals surface area (Å²) in [6, 6.07) is 7.13. The molecule has 4 heterocycles. The molecule has 0 unspecified atom stereocenters. The molecule has 0 radical (unpaired) electrons. The Morgan fingerprint density at radius 1 is 1.38 bits per heavy atom. The van der Waals surface area contributed by atoms with E-state index in [2.05, 4.69) is 15.2 Å². The van der Waals surface area contributed by atoms with E-state index in [1.807, 2.05) is 22.9 Å². The summed E-state index contributed by atoms with van der Waals surface area (Å²) in [5.74, 6) is 0.722. The topological polar surface area (TPSA) is 86.3 Å². The first-order valence-electron chi connectivity index (χ1n) is 8.48. The van der Waals surface area contributed by atoms with Crippen molar-refractivity contribution in [3.63, 3.8) is 0 Å². The highest BCUT2D eigenvalue weighted by molar-refractivity contribution is 5.91. The molecule has 0 aliphatic carbocycles. The minimum atomic E-state index is -0.194. The normalized spacial score (nSPS) is 16.8. The number of aromatic nitrogens is 4. The van der Waals surface area contributed by atoms with Crippen LogP contribution in [-0.2, 0) is 13.1 Å². The zero-order chi connectivity index (χ0) is 17.9.